The lowest BCUT2D eigenvalue weighted by Crippen LogP contribution is -2.31. The fourth-order valence-corrected chi connectivity index (χ4v) is 3.59. The van der Waals surface area contributed by atoms with E-state index in [-0.39, 0.29) is 16.9 Å². The summed E-state index contributed by atoms with van der Waals surface area (Å²) in [4.78, 5) is 12.2. The molecule has 3 nitrogen and oxygen atoms in total. The Morgan fingerprint density at radius 2 is 2.04 bits per heavy atom. The van der Waals surface area contributed by atoms with Gasteiger partial charge in [0.1, 0.15) is 17.2 Å². The van der Waals surface area contributed by atoms with Gasteiger partial charge in [-0.05, 0) is 63.6 Å². The van der Waals surface area contributed by atoms with Crippen LogP contribution in [0, 0.1) is 17.2 Å². The Bertz CT molecular complexity index is 622. The summed E-state index contributed by atoms with van der Waals surface area (Å²) in [5.41, 5.74) is -1.08. The van der Waals surface area contributed by atoms with Crippen LogP contribution in [0.15, 0.2) is 18.2 Å². The minimum atomic E-state index is -0.708. The zero-order valence-electron chi connectivity index (χ0n) is 15.7. The van der Waals surface area contributed by atoms with Gasteiger partial charge in [0.25, 0.3) is 0 Å². The van der Waals surface area contributed by atoms with Crippen LogP contribution in [-0.4, -0.2) is 17.1 Å². The molecule has 1 aromatic carbocycles. The van der Waals surface area contributed by atoms with E-state index >= 15 is 0 Å². The lowest BCUT2D eigenvalue weighted by molar-refractivity contribution is 0.00640. The van der Waals surface area contributed by atoms with E-state index in [4.69, 9.17) is 21.1 Å². The molecule has 0 aliphatic heterocycles. The first-order valence-corrected chi connectivity index (χ1v) is 9.24. The van der Waals surface area contributed by atoms with E-state index in [1.807, 2.05) is 0 Å². The summed E-state index contributed by atoms with van der Waals surface area (Å²) in [5, 5.41) is 0. The van der Waals surface area contributed by atoms with Crippen molar-refractivity contribution in [3.05, 3.63) is 29.6 Å². The number of alkyl halides is 1. The van der Waals surface area contributed by atoms with Crippen molar-refractivity contribution >= 4 is 17.6 Å². The van der Waals surface area contributed by atoms with Gasteiger partial charge in [-0.3, -0.25) is 0 Å². The van der Waals surface area contributed by atoms with Crippen LogP contribution in [0.3, 0.4) is 0 Å². The molecule has 1 saturated carbocycles. The third-order valence-corrected chi connectivity index (χ3v) is 4.86. The van der Waals surface area contributed by atoms with Gasteiger partial charge in [0.15, 0.2) is 5.56 Å². The third-order valence-electron chi connectivity index (χ3n) is 4.42. The highest BCUT2D eigenvalue weighted by molar-refractivity contribution is 6.20. The van der Waals surface area contributed by atoms with Crippen LogP contribution in [0.5, 0.6) is 5.75 Å². The molecule has 2 rings (SSSR count). The van der Waals surface area contributed by atoms with Gasteiger partial charge in [-0.2, -0.15) is 0 Å². The number of hydrogen-bond donors (Lipinski definition) is 0. The average molecular weight is 371 g/mol. The highest BCUT2D eigenvalue weighted by Crippen LogP contribution is 2.41. The molecule has 0 spiro atoms. The van der Waals surface area contributed by atoms with Crippen LogP contribution in [0.4, 0.5) is 4.39 Å². The van der Waals surface area contributed by atoms with Gasteiger partial charge < -0.3 is 9.47 Å². The van der Waals surface area contributed by atoms with Gasteiger partial charge in [-0.15, -0.1) is 0 Å². The Balaban J connectivity index is 2.10. The van der Waals surface area contributed by atoms with Crippen LogP contribution in [-0.2, 0) is 4.74 Å². The van der Waals surface area contributed by atoms with Gasteiger partial charge in [-0.1, -0.05) is 31.9 Å². The number of carbonyl (C=O) groups excluding carboxylic acids is 1. The maximum Gasteiger partial charge on any atom is 0.341 e. The molecule has 0 amide bonds. The molecular weight excluding hydrogens is 343 g/mol. The summed E-state index contributed by atoms with van der Waals surface area (Å²) in [6.07, 6.45) is 4.31. The Morgan fingerprint density at radius 1 is 1.36 bits per heavy atom. The first kappa shape index (κ1) is 20.0. The normalized spacial score (nSPS) is 21.5. The fourth-order valence-electron chi connectivity index (χ4n) is 3.27. The van der Waals surface area contributed by atoms with Gasteiger partial charge in [0.05, 0.1) is 5.56 Å². The minimum Gasteiger partial charge on any atom is -0.474 e. The first-order chi connectivity index (χ1) is 11.5. The van der Waals surface area contributed by atoms with Crippen molar-refractivity contribution in [2.24, 2.45) is 11.3 Å². The van der Waals surface area contributed by atoms with E-state index in [1.54, 1.807) is 20.8 Å². The monoisotopic (exact) mass is 370 g/mol. The molecule has 1 fully saturated rings. The van der Waals surface area contributed by atoms with E-state index in [1.165, 1.54) is 24.6 Å². The highest BCUT2D eigenvalue weighted by Gasteiger charge is 2.33. The second-order valence-corrected chi connectivity index (χ2v) is 9.06. The largest absolute Gasteiger partial charge is 0.474 e. The highest BCUT2D eigenvalue weighted by atomic mass is 35.5. The number of esters is 1. The standard InChI is InChI=1S/C20H28ClFO3/c1-19(2,3)25-18(23)15-11-14(8-9-16(15)22)24-17(21)13-7-6-10-20(4,5)12-13/h8-9,11,13,17H,6-7,10,12H2,1-5H3. The summed E-state index contributed by atoms with van der Waals surface area (Å²) in [5.74, 6) is -0.724. The topological polar surface area (TPSA) is 35.5 Å². The zero-order valence-corrected chi connectivity index (χ0v) is 16.5. The molecule has 25 heavy (non-hydrogen) atoms. The molecule has 0 radical (unpaired) electrons. The van der Waals surface area contributed by atoms with Crippen molar-refractivity contribution in [3.8, 4) is 5.75 Å². The molecule has 0 bridgehead atoms. The van der Waals surface area contributed by atoms with Crippen molar-refractivity contribution in [3.63, 3.8) is 0 Å². The van der Waals surface area contributed by atoms with Crippen molar-refractivity contribution in [2.45, 2.75) is 71.5 Å². The number of halogens is 2. The van der Waals surface area contributed by atoms with E-state index in [2.05, 4.69) is 13.8 Å². The molecule has 0 heterocycles. The van der Waals surface area contributed by atoms with E-state index in [0.29, 0.717) is 5.75 Å². The summed E-state index contributed by atoms with van der Waals surface area (Å²) in [6, 6.07) is 4.07. The van der Waals surface area contributed by atoms with Gasteiger partial charge in [0.2, 0.25) is 0 Å². The molecule has 0 N–H and O–H groups in total. The Kier molecular flexibility index (Phi) is 6.03. The van der Waals surface area contributed by atoms with Gasteiger partial charge in [0, 0.05) is 5.92 Å². The fraction of sp³-hybridized carbons (Fsp3) is 0.650. The van der Waals surface area contributed by atoms with Crippen LogP contribution in [0.2, 0.25) is 0 Å². The SMILES string of the molecule is CC1(C)CCCC(C(Cl)Oc2ccc(F)c(C(=O)OC(C)(C)C)c2)C1. The minimum absolute atomic E-state index is 0.139. The molecule has 1 aliphatic rings. The number of ether oxygens (including phenoxy) is 2. The molecule has 2 atom stereocenters. The van der Waals surface area contributed by atoms with Gasteiger partial charge in [-0.25, -0.2) is 9.18 Å². The molecule has 0 aromatic heterocycles. The smallest absolute Gasteiger partial charge is 0.341 e. The third kappa shape index (κ3) is 5.88. The van der Waals surface area contributed by atoms with Crippen molar-refractivity contribution in [2.75, 3.05) is 0 Å². The lowest BCUT2D eigenvalue weighted by Gasteiger charge is -2.37. The number of carbonyl (C=O) groups is 1. The maximum atomic E-state index is 14.0. The Morgan fingerprint density at radius 3 is 2.64 bits per heavy atom. The van der Waals surface area contributed by atoms with Crippen LogP contribution < -0.4 is 4.74 Å². The quantitative estimate of drug-likeness (QED) is 0.486. The van der Waals surface area contributed by atoms with Crippen LogP contribution in [0.25, 0.3) is 0 Å². The maximum absolute atomic E-state index is 14.0. The zero-order chi connectivity index (χ0) is 18.8. The molecule has 5 heteroatoms. The summed E-state index contributed by atoms with van der Waals surface area (Å²) in [7, 11) is 0. The van der Waals surface area contributed by atoms with E-state index in [9.17, 15) is 9.18 Å². The molecule has 0 saturated heterocycles. The van der Waals surface area contributed by atoms with Crippen LogP contribution >= 0.6 is 11.6 Å². The summed E-state index contributed by atoms with van der Waals surface area (Å²) < 4.78 is 25.1. The van der Waals surface area contributed by atoms with Crippen molar-refractivity contribution in [1.82, 2.24) is 0 Å². The number of benzene rings is 1. The van der Waals surface area contributed by atoms with Crippen molar-refractivity contribution in [1.29, 1.82) is 0 Å². The molecule has 140 valence electrons. The second kappa shape index (κ2) is 7.53. The van der Waals surface area contributed by atoms with Crippen LogP contribution in [0.1, 0.15) is 70.7 Å². The average Bonchev–Trinajstić information content (AvgIpc) is 2.46. The second-order valence-electron chi connectivity index (χ2n) is 8.63. The lowest BCUT2D eigenvalue weighted by atomic mass is 9.72. The molecule has 2 unspecified atom stereocenters. The summed E-state index contributed by atoms with van der Waals surface area (Å²) >= 11 is 6.47. The van der Waals surface area contributed by atoms with E-state index in [0.717, 1.165) is 19.3 Å². The van der Waals surface area contributed by atoms with Crippen molar-refractivity contribution < 1.29 is 18.7 Å². The first-order valence-electron chi connectivity index (χ1n) is 8.80. The van der Waals surface area contributed by atoms with E-state index < -0.39 is 23.0 Å². The van der Waals surface area contributed by atoms with Gasteiger partial charge >= 0.3 is 5.97 Å². The predicted octanol–water partition coefficient (Wildman–Crippen LogP) is 5.94. The predicted molar refractivity (Wildman–Crippen MR) is 97.6 cm³/mol. The number of rotatable bonds is 4. The number of hydrogen-bond acceptors (Lipinski definition) is 3. The summed E-state index contributed by atoms with van der Waals surface area (Å²) in [6.45, 7) is 9.69. The Hall–Kier alpha value is -1.29. The Labute approximate surface area is 154 Å². The molecule has 1 aliphatic carbocycles. The molecular formula is C20H28ClFO3. The molecule has 1 aromatic rings.